The van der Waals surface area contributed by atoms with Crippen LogP contribution in [0.15, 0.2) is 48.5 Å². The molecule has 0 aromatic heterocycles. The third-order valence-corrected chi connectivity index (χ3v) is 5.69. The SMILES string of the molecule is CN(Cc1cccc(Cl)c1Cl)C(=O)C(c1ccccc1)N1CCCCC1=O. The maximum absolute atomic E-state index is 13.3. The van der Waals surface area contributed by atoms with Gasteiger partial charge >= 0.3 is 0 Å². The molecule has 1 unspecified atom stereocenters. The molecular weight excluding hydrogens is 383 g/mol. The van der Waals surface area contributed by atoms with E-state index in [9.17, 15) is 9.59 Å². The van der Waals surface area contributed by atoms with Gasteiger partial charge in [0.15, 0.2) is 0 Å². The summed E-state index contributed by atoms with van der Waals surface area (Å²) in [4.78, 5) is 29.2. The van der Waals surface area contributed by atoms with Crippen molar-refractivity contribution in [1.82, 2.24) is 9.80 Å². The van der Waals surface area contributed by atoms with Gasteiger partial charge < -0.3 is 9.80 Å². The third-order valence-electron chi connectivity index (χ3n) is 4.84. The second-order valence-corrected chi connectivity index (χ2v) is 7.55. The molecular formula is C21H22Cl2N2O2. The van der Waals surface area contributed by atoms with Crippen LogP contribution in [0.1, 0.15) is 36.4 Å². The number of hydrogen-bond donors (Lipinski definition) is 0. The standard InChI is InChI=1S/C21H22Cl2N2O2/c1-24(14-16-10-7-11-17(22)19(16)23)21(27)20(15-8-3-2-4-9-15)25-13-6-5-12-18(25)26/h2-4,7-11,20H,5-6,12-14H2,1H3. The van der Waals surface area contributed by atoms with Crippen molar-refractivity contribution in [2.75, 3.05) is 13.6 Å². The van der Waals surface area contributed by atoms with Gasteiger partial charge in [-0.3, -0.25) is 9.59 Å². The Morgan fingerprint density at radius 1 is 1.11 bits per heavy atom. The highest BCUT2D eigenvalue weighted by Crippen LogP contribution is 2.30. The van der Waals surface area contributed by atoms with Crippen LogP contribution in [0.2, 0.25) is 10.0 Å². The molecule has 1 atom stereocenters. The molecule has 2 amide bonds. The van der Waals surface area contributed by atoms with Crippen LogP contribution in [0, 0.1) is 0 Å². The van der Waals surface area contributed by atoms with Crippen molar-refractivity contribution >= 4 is 35.0 Å². The molecule has 1 fully saturated rings. The van der Waals surface area contributed by atoms with Crippen LogP contribution in [0.4, 0.5) is 0 Å². The number of likely N-dealkylation sites (tertiary alicyclic amines) is 1. The molecule has 1 heterocycles. The average molecular weight is 405 g/mol. The molecule has 6 heteroatoms. The molecule has 1 saturated heterocycles. The Balaban J connectivity index is 1.88. The van der Waals surface area contributed by atoms with E-state index in [2.05, 4.69) is 0 Å². The molecule has 0 spiro atoms. The normalized spacial score (nSPS) is 15.5. The second kappa shape index (κ2) is 8.77. The summed E-state index contributed by atoms with van der Waals surface area (Å²) in [7, 11) is 1.73. The first-order valence-electron chi connectivity index (χ1n) is 9.01. The van der Waals surface area contributed by atoms with E-state index < -0.39 is 6.04 Å². The van der Waals surface area contributed by atoms with Crippen LogP contribution < -0.4 is 0 Å². The third kappa shape index (κ3) is 4.45. The van der Waals surface area contributed by atoms with Crippen molar-refractivity contribution in [3.8, 4) is 0 Å². The number of halogens is 2. The Hall–Kier alpha value is -2.04. The van der Waals surface area contributed by atoms with Crippen molar-refractivity contribution in [1.29, 1.82) is 0 Å². The number of nitrogens with zero attached hydrogens (tertiary/aromatic N) is 2. The second-order valence-electron chi connectivity index (χ2n) is 6.76. The zero-order valence-electron chi connectivity index (χ0n) is 15.2. The maximum atomic E-state index is 13.3. The molecule has 0 bridgehead atoms. The lowest BCUT2D eigenvalue weighted by Crippen LogP contribution is -2.46. The summed E-state index contributed by atoms with van der Waals surface area (Å²) in [5.41, 5.74) is 1.60. The summed E-state index contributed by atoms with van der Waals surface area (Å²) in [5.74, 6) is -0.106. The molecule has 3 rings (SSSR count). The van der Waals surface area contributed by atoms with Gasteiger partial charge in [-0.25, -0.2) is 0 Å². The first kappa shape index (κ1) is 19.7. The van der Waals surface area contributed by atoms with Crippen molar-refractivity contribution < 1.29 is 9.59 Å². The van der Waals surface area contributed by atoms with Crippen molar-refractivity contribution in [3.05, 3.63) is 69.7 Å². The van der Waals surface area contributed by atoms with Gasteiger partial charge in [0.05, 0.1) is 10.0 Å². The predicted octanol–water partition coefficient (Wildman–Crippen LogP) is 4.71. The molecule has 1 aliphatic heterocycles. The van der Waals surface area contributed by atoms with E-state index in [-0.39, 0.29) is 11.8 Å². The fourth-order valence-corrected chi connectivity index (χ4v) is 3.78. The summed E-state index contributed by atoms with van der Waals surface area (Å²) in [6, 6.07) is 14.2. The fraction of sp³-hybridized carbons (Fsp3) is 0.333. The first-order chi connectivity index (χ1) is 13.0. The summed E-state index contributed by atoms with van der Waals surface area (Å²) < 4.78 is 0. The number of carbonyl (C=O) groups is 2. The van der Waals surface area contributed by atoms with Gasteiger partial charge in [-0.1, -0.05) is 65.7 Å². The monoisotopic (exact) mass is 404 g/mol. The molecule has 0 aliphatic carbocycles. The zero-order valence-corrected chi connectivity index (χ0v) is 16.7. The molecule has 2 aromatic rings. The smallest absolute Gasteiger partial charge is 0.250 e. The van der Waals surface area contributed by atoms with Gasteiger partial charge in [-0.2, -0.15) is 0 Å². The number of likely N-dealkylation sites (N-methyl/N-ethyl adjacent to an activating group) is 1. The van der Waals surface area contributed by atoms with Gasteiger partial charge in [-0.05, 0) is 30.0 Å². The maximum Gasteiger partial charge on any atom is 0.250 e. The summed E-state index contributed by atoms with van der Waals surface area (Å²) in [6.07, 6.45) is 2.27. The highest BCUT2D eigenvalue weighted by molar-refractivity contribution is 6.42. The zero-order chi connectivity index (χ0) is 19.4. The van der Waals surface area contributed by atoms with Crippen LogP contribution in [0.5, 0.6) is 0 Å². The fourth-order valence-electron chi connectivity index (χ4n) is 3.40. The molecule has 4 nitrogen and oxygen atoms in total. The van der Waals surface area contributed by atoms with Crippen LogP contribution >= 0.6 is 23.2 Å². The van der Waals surface area contributed by atoms with Crippen LogP contribution in [-0.4, -0.2) is 35.2 Å². The molecule has 27 heavy (non-hydrogen) atoms. The molecule has 0 N–H and O–H groups in total. The van der Waals surface area contributed by atoms with E-state index >= 15 is 0 Å². The van der Waals surface area contributed by atoms with Gasteiger partial charge in [0.1, 0.15) is 6.04 Å². The lowest BCUT2D eigenvalue weighted by Gasteiger charge is -2.36. The van der Waals surface area contributed by atoms with E-state index in [0.29, 0.717) is 29.6 Å². The van der Waals surface area contributed by atoms with Crippen molar-refractivity contribution in [2.45, 2.75) is 31.8 Å². The topological polar surface area (TPSA) is 40.6 Å². The number of hydrogen-bond acceptors (Lipinski definition) is 2. The van der Waals surface area contributed by atoms with Crippen LogP contribution in [0.25, 0.3) is 0 Å². The Morgan fingerprint density at radius 2 is 1.85 bits per heavy atom. The van der Waals surface area contributed by atoms with Gasteiger partial charge in [-0.15, -0.1) is 0 Å². The van der Waals surface area contributed by atoms with Crippen molar-refractivity contribution in [3.63, 3.8) is 0 Å². The minimum atomic E-state index is -0.623. The Kier molecular flexibility index (Phi) is 6.40. The lowest BCUT2D eigenvalue weighted by molar-refractivity contribution is -0.147. The molecule has 0 saturated carbocycles. The number of amides is 2. The quantitative estimate of drug-likeness (QED) is 0.723. The molecule has 142 valence electrons. The van der Waals surface area contributed by atoms with Gasteiger partial charge in [0.25, 0.3) is 0 Å². The van der Waals surface area contributed by atoms with Gasteiger partial charge in [0.2, 0.25) is 11.8 Å². The Labute approximate surface area is 169 Å². The number of rotatable bonds is 5. The minimum Gasteiger partial charge on any atom is -0.339 e. The number of carbonyl (C=O) groups excluding carboxylic acids is 2. The molecule has 0 radical (unpaired) electrons. The highest BCUT2D eigenvalue weighted by atomic mass is 35.5. The highest BCUT2D eigenvalue weighted by Gasteiger charge is 2.34. The lowest BCUT2D eigenvalue weighted by atomic mass is 10.00. The minimum absolute atomic E-state index is 0.0256. The van der Waals surface area contributed by atoms with E-state index in [4.69, 9.17) is 23.2 Å². The van der Waals surface area contributed by atoms with Crippen LogP contribution in [-0.2, 0) is 16.1 Å². The summed E-state index contributed by atoms with van der Waals surface area (Å²) in [6.45, 7) is 0.916. The van der Waals surface area contributed by atoms with Crippen LogP contribution in [0.3, 0.4) is 0 Å². The first-order valence-corrected chi connectivity index (χ1v) is 9.77. The predicted molar refractivity (Wildman–Crippen MR) is 108 cm³/mol. The summed E-state index contributed by atoms with van der Waals surface area (Å²) >= 11 is 12.4. The number of benzene rings is 2. The number of piperidine rings is 1. The van der Waals surface area contributed by atoms with Gasteiger partial charge in [0, 0.05) is 26.6 Å². The van der Waals surface area contributed by atoms with Crippen molar-refractivity contribution in [2.24, 2.45) is 0 Å². The Bertz CT molecular complexity index is 826. The molecule has 1 aliphatic rings. The summed E-state index contributed by atoms with van der Waals surface area (Å²) in [5, 5.41) is 0.907. The van der Waals surface area contributed by atoms with E-state index in [1.807, 2.05) is 42.5 Å². The average Bonchev–Trinajstić information content (AvgIpc) is 2.68. The molecule has 2 aromatic carbocycles. The van der Waals surface area contributed by atoms with E-state index in [1.54, 1.807) is 22.9 Å². The largest absolute Gasteiger partial charge is 0.339 e. The van der Waals surface area contributed by atoms with E-state index in [1.165, 1.54) is 0 Å². The Morgan fingerprint density at radius 3 is 2.56 bits per heavy atom. The van der Waals surface area contributed by atoms with E-state index in [0.717, 1.165) is 24.0 Å².